The predicted octanol–water partition coefficient (Wildman–Crippen LogP) is 4.18. The Morgan fingerprint density at radius 2 is 1.96 bits per heavy atom. The van der Waals surface area contributed by atoms with Gasteiger partial charge in [0, 0.05) is 26.5 Å². The van der Waals surface area contributed by atoms with Crippen molar-refractivity contribution < 1.29 is 14.2 Å². The maximum absolute atomic E-state index is 5.89. The summed E-state index contributed by atoms with van der Waals surface area (Å²) in [5.41, 5.74) is 0. The fourth-order valence-electron chi connectivity index (χ4n) is 3.14. The van der Waals surface area contributed by atoms with Gasteiger partial charge in [-0.2, -0.15) is 0 Å². The van der Waals surface area contributed by atoms with E-state index in [1.165, 1.54) is 25.8 Å². The number of nitrogens with zero attached hydrogens (tertiary/aromatic N) is 1. The highest BCUT2D eigenvalue weighted by atomic mass is 79.9. The Balaban J connectivity index is 1.30. The topological polar surface area (TPSA) is 30.9 Å². The van der Waals surface area contributed by atoms with Crippen molar-refractivity contribution in [3.8, 4) is 11.5 Å². The Kier molecular flexibility index (Phi) is 5.83. The summed E-state index contributed by atoms with van der Waals surface area (Å²) in [6.07, 6.45) is 5.71. The maximum Gasteiger partial charge on any atom is 0.251 e. The van der Waals surface area contributed by atoms with Crippen LogP contribution >= 0.6 is 15.9 Å². The van der Waals surface area contributed by atoms with E-state index in [0.717, 1.165) is 37.5 Å². The largest absolute Gasteiger partial charge is 0.449 e. The highest BCUT2D eigenvalue weighted by Gasteiger charge is 2.36. The van der Waals surface area contributed by atoms with E-state index >= 15 is 0 Å². The zero-order valence-electron chi connectivity index (χ0n) is 13.8. The molecule has 1 atom stereocenters. The standard InChI is InChI=1S/C18H26BrNO3/c1-18(22-15-7-2-3-8-16(15)23-18)10-14-21-13-6-12-20-11-5-4-9-17(20)19/h2-3,7-8,17H,4-6,9-14H2,1H3. The first kappa shape index (κ1) is 17.1. The normalized spacial score (nSPS) is 23.1. The van der Waals surface area contributed by atoms with Crippen LogP contribution in [0.1, 0.15) is 39.0 Å². The summed E-state index contributed by atoms with van der Waals surface area (Å²) in [6.45, 7) is 5.72. The molecular formula is C18H26BrNO3. The Morgan fingerprint density at radius 3 is 2.65 bits per heavy atom. The highest BCUT2D eigenvalue weighted by molar-refractivity contribution is 9.09. The number of para-hydroxylation sites is 2. The number of ether oxygens (including phenoxy) is 3. The number of alkyl halides is 1. The average Bonchev–Trinajstić information content (AvgIpc) is 2.88. The molecule has 1 saturated heterocycles. The van der Waals surface area contributed by atoms with Gasteiger partial charge in [0.1, 0.15) is 0 Å². The SMILES string of the molecule is CC1(CCOCCCN2CCCCC2Br)Oc2ccccc2O1. The van der Waals surface area contributed by atoms with Gasteiger partial charge < -0.3 is 14.2 Å². The second-order valence-electron chi connectivity index (χ2n) is 6.47. The number of hydrogen-bond acceptors (Lipinski definition) is 4. The van der Waals surface area contributed by atoms with Crippen molar-refractivity contribution in [2.45, 2.75) is 49.8 Å². The minimum Gasteiger partial charge on any atom is -0.449 e. The van der Waals surface area contributed by atoms with Crippen molar-refractivity contribution in [1.82, 2.24) is 4.90 Å². The number of halogens is 1. The molecule has 1 fully saturated rings. The molecule has 128 valence electrons. The number of likely N-dealkylation sites (tertiary alicyclic amines) is 1. The smallest absolute Gasteiger partial charge is 0.251 e. The lowest BCUT2D eigenvalue weighted by molar-refractivity contribution is -0.0838. The average molecular weight is 384 g/mol. The predicted molar refractivity (Wildman–Crippen MR) is 94.3 cm³/mol. The van der Waals surface area contributed by atoms with Crippen LogP contribution in [0.15, 0.2) is 24.3 Å². The van der Waals surface area contributed by atoms with Crippen molar-refractivity contribution in [3.63, 3.8) is 0 Å². The van der Waals surface area contributed by atoms with E-state index in [4.69, 9.17) is 14.2 Å². The van der Waals surface area contributed by atoms with E-state index in [0.29, 0.717) is 11.6 Å². The van der Waals surface area contributed by atoms with Crippen molar-refractivity contribution in [2.75, 3.05) is 26.3 Å². The van der Waals surface area contributed by atoms with Crippen molar-refractivity contribution >= 4 is 15.9 Å². The quantitative estimate of drug-likeness (QED) is 0.401. The Morgan fingerprint density at radius 1 is 1.22 bits per heavy atom. The van der Waals surface area contributed by atoms with Crippen molar-refractivity contribution in [1.29, 1.82) is 0 Å². The third-order valence-electron chi connectivity index (χ3n) is 4.47. The summed E-state index contributed by atoms with van der Waals surface area (Å²) in [6, 6.07) is 7.80. The lowest BCUT2D eigenvalue weighted by Gasteiger charge is -2.31. The lowest BCUT2D eigenvalue weighted by Crippen LogP contribution is -2.37. The molecule has 0 radical (unpaired) electrons. The summed E-state index contributed by atoms with van der Waals surface area (Å²) in [7, 11) is 0. The highest BCUT2D eigenvalue weighted by Crippen LogP contribution is 2.40. The zero-order chi connectivity index (χ0) is 16.1. The fourth-order valence-corrected chi connectivity index (χ4v) is 3.87. The third-order valence-corrected chi connectivity index (χ3v) is 5.51. The van der Waals surface area contributed by atoms with Gasteiger partial charge in [-0.05, 0) is 44.4 Å². The molecule has 1 aromatic carbocycles. The molecule has 4 nitrogen and oxygen atoms in total. The molecule has 0 N–H and O–H groups in total. The summed E-state index contributed by atoms with van der Waals surface area (Å²) in [5, 5.41) is 0. The van der Waals surface area contributed by atoms with Gasteiger partial charge in [-0.3, -0.25) is 4.90 Å². The van der Waals surface area contributed by atoms with Gasteiger partial charge in [0.25, 0.3) is 5.79 Å². The molecule has 2 heterocycles. The van der Waals surface area contributed by atoms with Gasteiger partial charge in [-0.25, -0.2) is 0 Å². The molecule has 0 bridgehead atoms. The van der Waals surface area contributed by atoms with Crippen LogP contribution in [0.25, 0.3) is 0 Å². The molecule has 3 rings (SSSR count). The van der Waals surface area contributed by atoms with E-state index in [-0.39, 0.29) is 0 Å². The van der Waals surface area contributed by atoms with Crippen LogP contribution in [0.3, 0.4) is 0 Å². The summed E-state index contributed by atoms with van der Waals surface area (Å²) in [4.78, 5) is 3.06. The summed E-state index contributed by atoms with van der Waals surface area (Å²) >= 11 is 3.76. The van der Waals surface area contributed by atoms with Gasteiger partial charge in [-0.1, -0.05) is 28.1 Å². The lowest BCUT2D eigenvalue weighted by atomic mass is 10.1. The first-order valence-corrected chi connectivity index (χ1v) is 9.51. The number of fused-ring (bicyclic) bond motifs is 1. The monoisotopic (exact) mass is 383 g/mol. The first-order valence-electron chi connectivity index (χ1n) is 8.59. The molecule has 2 aliphatic rings. The maximum atomic E-state index is 5.89. The zero-order valence-corrected chi connectivity index (χ0v) is 15.4. The second kappa shape index (κ2) is 7.86. The van der Waals surface area contributed by atoms with Crippen LogP contribution in [-0.2, 0) is 4.74 Å². The molecular weight excluding hydrogens is 358 g/mol. The third kappa shape index (κ3) is 4.61. The van der Waals surface area contributed by atoms with E-state index < -0.39 is 5.79 Å². The molecule has 0 amide bonds. The van der Waals surface area contributed by atoms with Crippen LogP contribution in [-0.4, -0.2) is 41.9 Å². The molecule has 0 aliphatic carbocycles. The first-order chi connectivity index (χ1) is 11.2. The molecule has 5 heteroatoms. The van der Waals surface area contributed by atoms with Gasteiger partial charge in [0.15, 0.2) is 11.5 Å². The molecule has 1 aromatic rings. The number of rotatable bonds is 7. The minimum atomic E-state index is -0.600. The number of hydrogen-bond donors (Lipinski definition) is 0. The van der Waals surface area contributed by atoms with Gasteiger partial charge in [-0.15, -0.1) is 0 Å². The van der Waals surface area contributed by atoms with Crippen molar-refractivity contribution in [2.24, 2.45) is 0 Å². The van der Waals surface area contributed by atoms with Crippen LogP contribution in [0.2, 0.25) is 0 Å². The minimum absolute atomic E-state index is 0.550. The molecule has 23 heavy (non-hydrogen) atoms. The Bertz CT molecular complexity index is 486. The van der Waals surface area contributed by atoms with E-state index in [9.17, 15) is 0 Å². The van der Waals surface area contributed by atoms with E-state index in [2.05, 4.69) is 20.8 Å². The molecule has 0 saturated carbocycles. The molecule has 2 aliphatic heterocycles. The molecule has 0 aromatic heterocycles. The number of piperidine rings is 1. The molecule has 1 unspecified atom stereocenters. The van der Waals surface area contributed by atoms with Crippen LogP contribution in [0.4, 0.5) is 0 Å². The number of benzene rings is 1. The van der Waals surface area contributed by atoms with E-state index in [1.807, 2.05) is 31.2 Å². The van der Waals surface area contributed by atoms with Gasteiger partial charge >= 0.3 is 0 Å². The Labute approximate surface area is 147 Å². The summed E-state index contributed by atoms with van der Waals surface area (Å²) < 4.78 is 17.6. The van der Waals surface area contributed by atoms with Crippen LogP contribution in [0.5, 0.6) is 11.5 Å². The van der Waals surface area contributed by atoms with Crippen LogP contribution in [0, 0.1) is 0 Å². The molecule has 0 spiro atoms. The van der Waals surface area contributed by atoms with E-state index in [1.54, 1.807) is 0 Å². The van der Waals surface area contributed by atoms with Crippen molar-refractivity contribution in [3.05, 3.63) is 24.3 Å². The van der Waals surface area contributed by atoms with Crippen LogP contribution < -0.4 is 9.47 Å². The van der Waals surface area contributed by atoms with Gasteiger partial charge in [0.05, 0.1) is 11.6 Å². The summed E-state index contributed by atoms with van der Waals surface area (Å²) in [5.74, 6) is 1.05. The fraction of sp³-hybridized carbons (Fsp3) is 0.667. The second-order valence-corrected chi connectivity index (χ2v) is 7.52. The Hall–Kier alpha value is -0.780. The van der Waals surface area contributed by atoms with Gasteiger partial charge in [0.2, 0.25) is 0 Å².